The van der Waals surface area contributed by atoms with Gasteiger partial charge in [-0.15, -0.1) is 0 Å². The van der Waals surface area contributed by atoms with E-state index >= 15 is 0 Å². The summed E-state index contributed by atoms with van der Waals surface area (Å²) in [5.74, 6) is 3.43. The Morgan fingerprint density at radius 2 is 2.08 bits per heavy atom. The average Bonchev–Trinajstić information content (AvgIpc) is 3.02. The summed E-state index contributed by atoms with van der Waals surface area (Å²) < 4.78 is 2.21. The Bertz CT molecular complexity index is 514. The number of guanidine groups is 1. The fourth-order valence-electron chi connectivity index (χ4n) is 3.25. The third kappa shape index (κ3) is 7.06. The van der Waals surface area contributed by atoms with Crippen LogP contribution in [0.4, 0.5) is 0 Å². The number of likely N-dealkylation sites (tertiary alicyclic amines) is 1. The molecule has 25 heavy (non-hydrogen) atoms. The van der Waals surface area contributed by atoms with Crippen LogP contribution in [-0.4, -0.2) is 53.6 Å². The van der Waals surface area contributed by atoms with Gasteiger partial charge in [-0.2, -0.15) is 0 Å². The van der Waals surface area contributed by atoms with Gasteiger partial charge in [0.1, 0.15) is 5.82 Å². The van der Waals surface area contributed by atoms with Crippen molar-refractivity contribution in [1.82, 2.24) is 25.1 Å². The van der Waals surface area contributed by atoms with Crippen LogP contribution in [0.3, 0.4) is 0 Å². The molecule has 0 spiro atoms. The fraction of sp³-hybridized carbons (Fsp3) is 0.789. The van der Waals surface area contributed by atoms with Gasteiger partial charge < -0.3 is 20.1 Å². The number of hydrogen-bond acceptors (Lipinski definition) is 3. The summed E-state index contributed by atoms with van der Waals surface area (Å²) in [4.78, 5) is 11.4. The molecule has 1 aliphatic heterocycles. The molecule has 0 bridgehead atoms. The molecule has 0 unspecified atom stereocenters. The lowest BCUT2D eigenvalue weighted by molar-refractivity contribution is 0.191. The third-order valence-corrected chi connectivity index (χ3v) is 4.82. The molecular weight excluding hydrogens is 312 g/mol. The minimum Gasteiger partial charge on any atom is -0.356 e. The number of imidazole rings is 1. The van der Waals surface area contributed by atoms with Crippen molar-refractivity contribution in [3.05, 3.63) is 18.2 Å². The number of aliphatic imine (C=N–C) groups is 1. The molecule has 1 aromatic rings. The normalized spacial score (nSPS) is 17.2. The zero-order valence-electron chi connectivity index (χ0n) is 16.5. The summed E-state index contributed by atoms with van der Waals surface area (Å²) in [5.41, 5.74) is 0. The predicted molar refractivity (Wildman–Crippen MR) is 105 cm³/mol. The minimum atomic E-state index is 0.614. The van der Waals surface area contributed by atoms with Crippen LogP contribution in [0, 0.1) is 11.8 Å². The van der Waals surface area contributed by atoms with E-state index < -0.39 is 0 Å². The van der Waals surface area contributed by atoms with E-state index in [4.69, 9.17) is 0 Å². The smallest absolute Gasteiger partial charge is 0.191 e. The Balaban J connectivity index is 1.65. The molecule has 1 fully saturated rings. The molecule has 0 amide bonds. The van der Waals surface area contributed by atoms with Gasteiger partial charge in [0.05, 0.1) is 6.54 Å². The maximum absolute atomic E-state index is 4.45. The van der Waals surface area contributed by atoms with E-state index in [1.807, 2.05) is 19.4 Å². The molecule has 6 heteroatoms. The van der Waals surface area contributed by atoms with Crippen LogP contribution < -0.4 is 10.6 Å². The lowest BCUT2D eigenvalue weighted by Gasteiger charge is -2.30. The second-order valence-electron chi connectivity index (χ2n) is 7.62. The standard InChI is InChI=1S/C19H36N6/c1-16(2)15-25-13-9-21-18(25)14-23-19(20-4)22-8-5-10-24-11-6-17(3)7-12-24/h9,13,16-17H,5-8,10-12,14-15H2,1-4H3,(H2,20,22,23). The lowest BCUT2D eigenvalue weighted by atomic mass is 9.99. The Kier molecular flexibility index (Phi) is 8.25. The quantitative estimate of drug-likeness (QED) is 0.430. The van der Waals surface area contributed by atoms with Gasteiger partial charge in [-0.1, -0.05) is 20.8 Å². The number of nitrogens with one attached hydrogen (secondary N) is 2. The Morgan fingerprint density at radius 3 is 2.76 bits per heavy atom. The first-order valence-electron chi connectivity index (χ1n) is 9.75. The first kappa shape index (κ1) is 19.8. The van der Waals surface area contributed by atoms with Crippen molar-refractivity contribution in [3.63, 3.8) is 0 Å². The van der Waals surface area contributed by atoms with E-state index in [1.165, 1.54) is 32.5 Å². The predicted octanol–water partition coefficient (Wildman–Crippen LogP) is 2.33. The van der Waals surface area contributed by atoms with Crippen molar-refractivity contribution in [2.45, 2.75) is 53.1 Å². The van der Waals surface area contributed by atoms with Crippen LogP contribution >= 0.6 is 0 Å². The lowest BCUT2D eigenvalue weighted by Crippen LogP contribution is -2.39. The highest BCUT2D eigenvalue weighted by atomic mass is 15.2. The third-order valence-electron chi connectivity index (χ3n) is 4.82. The Labute approximate surface area is 153 Å². The van der Waals surface area contributed by atoms with Gasteiger partial charge >= 0.3 is 0 Å². The Morgan fingerprint density at radius 1 is 1.32 bits per heavy atom. The van der Waals surface area contributed by atoms with E-state index in [2.05, 4.69) is 50.8 Å². The van der Waals surface area contributed by atoms with Crippen molar-refractivity contribution >= 4 is 5.96 Å². The first-order valence-corrected chi connectivity index (χ1v) is 9.75. The highest BCUT2D eigenvalue weighted by molar-refractivity contribution is 5.79. The molecular formula is C19H36N6. The summed E-state index contributed by atoms with van der Waals surface area (Å²) in [7, 11) is 1.82. The summed E-state index contributed by atoms with van der Waals surface area (Å²) in [5, 5.41) is 6.79. The number of hydrogen-bond donors (Lipinski definition) is 2. The van der Waals surface area contributed by atoms with Gasteiger partial charge in [-0.25, -0.2) is 4.98 Å². The molecule has 0 atom stereocenters. The van der Waals surface area contributed by atoms with Gasteiger partial charge in [0.2, 0.25) is 0 Å². The topological polar surface area (TPSA) is 57.5 Å². The fourth-order valence-corrected chi connectivity index (χ4v) is 3.25. The number of piperidine rings is 1. The van der Waals surface area contributed by atoms with Crippen LogP contribution in [0.1, 0.15) is 45.9 Å². The minimum absolute atomic E-state index is 0.614. The molecule has 142 valence electrons. The molecule has 1 aliphatic rings. The van der Waals surface area contributed by atoms with Gasteiger partial charge in [0.25, 0.3) is 0 Å². The maximum atomic E-state index is 4.45. The zero-order valence-corrected chi connectivity index (χ0v) is 16.5. The van der Waals surface area contributed by atoms with E-state index in [-0.39, 0.29) is 0 Å². The molecule has 0 saturated carbocycles. The molecule has 1 saturated heterocycles. The molecule has 0 aliphatic carbocycles. The van der Waals surface area contributed by atoms with Crippen LogP contribution in [0.5, 0.6) is 0 Å². The summed E-state index contributed by atoms with van der Waals surface area (Å²) in [6.45, 7) is 13.1. The summed E-state index contributed by atoms with van der Waals surface area (Å²) >= 11 is 0. The summed E-state index contributed by atoms with van der Waals surface area (Å²) in [6.07, 6.45) is 7.76. The largest absolute Gasteiger partial charge is 0.356 e. The molecule has 0 radical (unpaired) electrons. The van der Waals surface area contributed by atoms with E-state index in [9.17, 15) is 0 Å². The van der Waals surface area contributed by atoms with Gasteiger partial charge in [0.15, 0.2) is 5.96 Å². The number of aromatic nitrogens is 2. The van der Waals surface area contributed by atoms with Crippen molar-refractivity contribution in [2.75, 3.05) is 33.2 Å². The van der Waals surface area contributed by atoms with Crippen LogP contribution in [0.15, 0.2) is 17.4 Å². The van der Waals surface area contributed by atoms with Gasteiger partial charge in [-0.05, 0) is 50.7 Å². The van der Waals surface area contributed by atoms with E-state index in [0.29, 0.717) is 12.5 Å². The highest BCUT2D eigenvalue weighted by Crippen LogP contribution is 2.15. The van der Waals surface area contributed by atoms with Crippen LogP contribution in [0.25, 0.3) is 0 Å². The molecule has 2 heterocycles. The second-order valence-corrected chi connectivity index (χ2v) is 7.62. The molecule has 2 rings (SSSR count). The van der Waals surface area contributed by atoms with Crippen molar-refractivity contribution in [1.29, 1.82) is 0 Å². The van der Waals surface area contributed by atoms with Gasteiger partial charge in [-0.3, -0.25) is 4.99 Å². The van der Waals surface area contributed by atoms with Crippen molar-refractivity contribution in [3.8, 4) is 0 Å². The molecule has 6 nitrogen and oxygen atoms in total. The second kappa shape index (κ2) is 10.4. The first-order chi connectivity index (χ1) is 12.1. The zero-order chi connectivity index (χ0) is 18.1. The van der Waals surface area contributed by atoms with Crippen molar-refractivity contribution in [2.24, 2.45) is 16.8 Å². The SMILES string of the molecule is CN=C(NCCCN1CCC(C)CC1)NCc1nccn1CC(C)C. The molecule has 0 aromatic carbocycles. The van der Waals surface area contributed by atoms with Crippen molar-refractivity contribution < 1.29 is 0 Å². The summed E-state index contributed by atoms with van der Waals surface area (Å²) in [6, 6.07) is 0. The van der Waals surface area contributed by atoms with E-state index in [1.54, 1.807) is 0 Å². The monoisotopic (exact) mass is 348 g/mol. The van der Waals surface area contributed by atoms with Crippen LogP contribution in [0.2, 0.25) is 0 Å². The van der Waals surface area contributed by atoms with E-state index in [0.717, 1.165) is 37.2 Å². The Hall–Kier alpha value is -1.56. The molecule has 2 N–H and O–H groups in total. The van der Waals surface area contributed by atoms with Crippen LogP contribution in [-0.2, 0) is 13.1 Å². The number of nitrogens with zero attached hydrogens (tertiary/aromatic N) is 4. The van der Waals surface area contributed by atoms with Gasteiger partial charge in [0, 0.05) is 32.5 Å². The maximum Gasteiger partial charge on any atom is 0.191 e. The highest BCUT2D eigenvalue weighted by Gasteiger charge is 2.14. The molecule has 1 aromatic heterocycles. The number of rotatable bonds is 8. The average molecular weight is 349 g/mol.